The van der Waals surface area contributed by atoms with Crippen LogP contribution in [-0.4, -0.2) is 19.4 Å². The van der Waals surface area contributed by atoms with Crippen molar-refractivity contribution in [3.05, 3.63) is 71.0 Å². The summed E-state index contributed by atoms with van der Waals surface area (Å²) < 4.78 is 63.9. The maximum Gasteiger partial charge on any atom is 0.416 e. The van der Waals surface area contributed by atoms with Gasteiger partial charge in [0.1, 0.15) is 5.82 Å². The van der Waals surface area contributed by atoms with E-state index in [0.29, 0.717) is 19.2 Å². The van der Waals surface area contributed by atoms with Crippen molar-refractivity contribution < 1.29 is 27.0 Å². The number of morpholine rings is 1. The Bertz CT molecular complexity index is 736. The molecule has 2 aromatic rings. The molecule has 1 saturated heterocycles. The first kappa shape index (κ1) is 18.8. The minimum atomic E-state index is -4.62. The third-order valence-corrected chi connectivity index (χ3v) is 4.23. The fraction of sp³-hybridized carbons (Fsp3) is 0.368. The average Bonchev–Trinajstić information content (AvgIpc) is 2.61. The van der Waals surface area contributed by atoms with Crippen LogP contribution in [0.3, 0.4) is 0 Å². The molecule has 140 valence electrons. The molecule has 2 aromatic carbocycles. The highest BCUT2D eigenvalue weighted by Crippen LogP contribution is 2.34. The Balaban J connectivity index is 1.80. The molecule has 0 unspecified atom stereocenters. The van der Waals surface area contributed by atoms with Gasteiger partial charge in [0.2, 0.25) is 0 Å². The van der Waals surface area contributed by atoms with Gasteiger partial charge in [0.05, 0.1) is 24.3 Å². The van der Waals surface area contributed by atoms with Gasteiger partial charge < -0.3 is 14.8 Å². The van der Waals surface area contributed by atoms with Crippen LogP contribution >= 0.6 is 0 Å². The van der Waals surface area contributed by atoms with E-state index in [0.717, 1.165) is 17.7 Å². The van der Waals surface area contributed by atoms with Gasteiger partial charge in [-0.3, -0.25) is 0 Å². The summed E-state index contributed by atoms with van der Waals surface area (Å²) in [5.41, 5.74) is 0.0168. The Hall–Kier alpha value is -1.96. The van der Waals surface area contributed by atoms with Crippen molar-refractivity contribution in [1.82, 2.24) is 5.32 Å². The Morgan fingerprint density at radius 3 is 2.58 bits per heavy atom. The molecule has 1 aliphatic heterocycles. The van der Waals surface area contributed by atoms with Gasteiger partial charge in [0.15, 0.2) is 6.29 Å². The van der Waals surface area contributed by atoms with Crippen LogP contribution in [0.1, 0.15) is 35.8 Å². The standard InChI is InChI=1S/C19H19F4NO2/c1-12(14-9-15(19(21,22)23)11-16(20)10-14)26-18-17(24-7-8-25-18)13-5-3-2-4-6-13/h2-6,9-12,17-18,24H,7-8H2,1H3/t12-,17+,18-/m1/s1. The van der Waals surface area contributed by atoms with Crippen molar-refractivity contribution >= 4 is 0 Å². The molecule has 1 heterocycles. The second-order valence-corrected chi connectivity index (χ2v) is 6.13. The number of nitrogens with one attached hydrogen (secondary N) is 1. The highest BCUT2D eigenvalue weighted by molar-refractivity contribution is 5.28. The normalized spacial score (nSPS) is 22.2. The number of benzene rings is 2. The molecule has 1 aliphatic rings. The quantitative estimate of drug-likeness (QED) is 0.799. The molecule has 26 heavy (non-hydrogen) atoms. The lowest BCUT2D eigenvalue weighted by atomic mass is 10.0. The zero-order valence-electron chi connectivity index (χ0n) is 14.1. The third kappa shape index (κ3) is 4.41. The number of halogens is 4. The van der Waals surface area contributed by atoms with Crippen molar-refractivity contribution in [3.63, 3.8) is 0 Å². The molecular weight excluding hydrogens is 350 g/mol. The minimum Gasteiger partial charge on any atom is -0.349 e. The summed E-state index contributed by atoms with van der Waals surface area (Å²) in [5.74, 6) is -0.951. The molecule has 3 atom stereocenters. The fourth-order valence-electron chi connectivity index (χ4n) is 2.93. The SMILES string of the molecule is C[C@@H](O[C@H]1OCCN[C@H]1c1ccccc1)c1cc(F)cc(C(F)(F)F)c1. The Morgan fingerprint density at radius 1 is 1.15 bits per heavy atom. The van der Waals surface area contributed by atoms with Crippen LogP contribution in [-0.2, 0) is 15.7 Å². The molecule has 1 N–H and O–H groups in total. The Kier molecular flexibility index (Phi) is 5.60. The van der Waals surface area contributed by atoms with Crippen molar-refractivity contribution in [2.75, 3.05) is 13.2 Å². The molecule has 3 rings (SSSR count). The van der Waals surface area contributed by atoms with Gasteiger partial charge in [-0.2, -0.15) is 13.2 Å². The highest BCUT2D eigenvalue weighted by Gasteiger charge is 2.33. The van der Waals surface area contributed by atoms with Gasteiger partial charge in [-0.1, -0.05) is 30.3 Å². The lowest BCUT2D eigenvalue weighted by Crippen LogP contribution is -2.43. The van der Waals surface area contributed by atoms with Crippen molar-refractivity contribution in [2.45, 2.75) is 31.5 Å². The van der Waals surface area contributed by atoms with Gasteiger partial charge in [-0.15, -0.1) is 0 Å². The summed E-state index contributed by atoms with van der Waals surface area (Å²) in [6.07, 6.45) is -6.09. The van der Waals surface area contributed by atoms with Crippen molar-refractivity contribution in [2.24, 2.45) is 0 Å². The topological polar surface area (TPSA) is 30.5 Å². The molecule has 1 fully saturated rings. The van der Waals surface area contributed by atoms with Crippen LogP contribution in [0.4, 0.5) is 17.6 Å². The lowest BCUT2D eigenvalue weighted by Gasteiger charge is -2.34. The molecular formula is C19H19F4NO2. The van der Waals surface area contributed by atoms with Gasteiger partial charge >= 0.3 is 6.18 Å². The van der Waals surface area contributed by atoms with Gasteiger partial charge in [-0.25, -0.2) is 4.39 Å². The molecule has 0 amide bonds. The van der Waals surface area contributed by atoms with E-state index in [1.165, 1.54) is 0 Å². The van der Waals surface area contributed by atoms with Gasteiger partial charge in [-0.05, 0) is 36.2 Å². The molecule has 0 bridgehead atoms. The highest BCUT2D eigenvalue weighted by atomic mass is 19.4. The maximum atomic E-state index is 13.6. The van der Waals surface area contributed by atoms with E-state index in [9.17, 15) is 17.6 Å². The number of ether oxygens (including phenoxy) is 2. The largest absolute Gasteiger partial charge is 0.416 e. The van der Waals surface area contributed by atoms with E-state index < -0.39 is 30.0 Å². The number of alkyl halides is 3. The molecule has 0 aliphatic carbocycles. The predicted molar refractivity (Wildman–Crippen MR) is 87.8 cm³/mol. The smallest absolute Gasteiger partial charge is 0.349 e. The number of hydrogen-bond acceptors (Lipinski definition) is 3. The van der Waals surface area contributed by atoms with Gasteiger partial charge in [0.25, 0.3) is 0 Å². The van der Waals surface area contributed by atoms with E-state index in [-0.39, 0.29) is 11.6 Å². The predicted octanol–water partition coefficient (Wildman–Crippen LogP) is 4.61. The van der Waals surface area contributed by atoms with E-state index in [2.05, 4.69) is 5.32 Å². The first-order valence-electron chi connectivity index (χ1n) is 8.27. The van der Waals surface area contributed by atoms with Crippen molar-refractivity contribution in [1.29, 1.82) is 0 Å². The van der Waals surface area contributed by atoms with Crippen LogP contribution in [0.5, 0.6) is 0 Å². The summed E-state index contributed by atoms with van der Waals surface area (Å²) in [5, 5.41) is 3.29. The molecule has 0 aromatic heterocycles. The van der Waals surface area contributed by atoms with Crippen LogP contribution in [0.15, 0.2) is 48.5 Å². The number of hydrogen-bond donors (Lipinski definition) is 1. The molecule has 0 radical (unpaired) electrons. The summed E-state index contributed by atoms with van der Waals surface area (Å²) in [4.78, 5) is 0. The Labute approximate surface area is 148 Å². The molecule has 0 spiro atoms. The molecule has 3 nitrogen and oxygen atoms in total. The van der Waals surface area contributed by atoms with E-state index in [4.69, 9.17) is 9.47 Å². The summed E-state index contributed by atoms with van der Waals surface area (Å²) in [7, 11) is 0. The summed E-state index contributed by atoms with van der Waals surface area (Å²) in [6, 6.07) is 11.6. The average molecular weight is 369 g/mol. The molecule has 0 saturated carbocycles. The molecule has 7 heteroatoms. The van der Waals surface area contributed by atoms with Crippen LogP contribution in [0.2, 0.25) is 0 Å². The van der Waals surface area contributed by atoms with Crippen LogP contribution in [0, 0.1) is 5.82 Å². The second-order valence-electron chi connectivity index (χ2n) is 6.13. The van der Waals surface area contributed by atoms with E-state index in [1.54, 1.807) is 6.92 Å². The fourth-order valence-corrected chi connectivity index (χ4v) is 2.93. The first-order chi connectivity index (χ1) is 12.3. The van der Waals surface area contributed by atoms with Gasteiger partial charge in [0, 0.05) is 6.54 Å². The maximum absolute atomic E-state index is 13.6. The minimum absolute atomic E-state index is 0.110. The summed E-state index contributed by atoms with van der Waals surface area (Å²) in [6.45, 7) is 2.62. The zero-order valence-corrected chi connectivity index (χ0v) is 14.1. The second kappa shape index (κ2) is 7.73. The van der Waals surface area contributed by atoms with Crippen LogP contribution in [0.25, 0.3) is 0 Å². The van der Waals surface area contributed by atoms with E-state index >= 15 is 0 Å². The summed E-state index contributed by atoms with van der Waals surface area (Å²) >= 11 is 0. The Morgan fingerprint density at radius 2 is 1.88 bits per heavy atom. The third-order valence-electron chi connectivity index (χ3n) is 4.23. The van der Waals surface area contributed by atoms with Crippen molar-refractivity contribution in [3.8, 4) is 0 Å². The zero-order chi connectivity index (χ0) is 18.7. The van der Waals surface area contributed by atoms with E-state index in [1.807, 2.05) is 30.3 Å². The number of rotatable bonds is 4. The first-order valence-corrected chi connectivity index (χ1v) is 8.27. The van der Waals surface area contributed by atoms with Crippen LogP contribution < -0.4 is 5.32 Å². The lowest BCUT2D eigenvalue weighted by molar-refractivity contribution is -0.200. The monoisotopic (exact) mass is 369 g/mol.